The van der Waals surface area contributed by atoms with E-state index >= 15 is 0 Å². The van der Waals surface area contributed by atoms with Crippen molar-refractivity contribution in [1.82, 2.24) is 5.32 Å². The van der Waals surface area contributed by atoms with E-state index < -0.39 is 0 Å². The number of fused-ring (bicyclic) bond motifs is 1. The number of thioether (sulfide) groups is 1. The molecule has 0 atom stereocenters. The number of nitrogens with one attached hydrogen (secondary N) is 1. The number of nitrogens with zero attached hydrogens (tertiary/aromatic N) is 2. The van der Waals surface area contributed by atoms with Gasteiger partial charge < -0.3 is 4.42 Å². The normalized spacial score (nSPS) is 11.5. The van der Waals surface area contributed by atoms with E-state index in [9.17, 15) is 0 Å². The van der Waals surface area contributed by atoms with Crippen LogP contribution in [0.1, 0.15) is 5.76 Å². The standard InChI is InChI=1S/C12H11N3OS/c1-8-6-9-4-3-5-10(11(9)16-8)15-12(17-2)14-7-13/h3-6H,1-2H3,(H,14,15). The lowest BCUT2D eigenvalue weighted by Crippen LogP contribution is -2.12. The SMILES string of the molecule is CSC(=Nc1cccc2cc(C)oc12)NC#N. The minimum atomic E-state index is 0.550. The highest BCUT2D eigenvalue weighted by Crippen LogP contribution is 2.29. The van der Waals surface area contributed by atoms with Crippen LogP contribution >= 0.6 is 11.8 Å². The summed E-state index contributed by atoms with van der Waals surface area (Å²) in [6.45, 7) is 1.90. The van der Waals surface area contributed by atoms with Gasteiger partial charge in [0.05, 0.1) is 0 Å². The zero-order chi connectivity index (χ0) is 12.3. The smallest absolute Gasteiger partial charge is 0.183 e. The molecule has 0 saturated heterocycles. The average Bonchev–Trinajstić information content (AvgIpc) is 2.70. The highest BCUT2D eigenvalue weighted by atomic mass is 32.2. The summed E-state index contributed by atoms with van der Waals surface area (Å²) >= 11 is 1.38. The highest BCUT2D eigenvalue weighted by molar-refractivity contribution is 8.13. The van der Waals surface area contributed by atoms with E-state index in [1.54, 1.807) is 0 Å². The van der Waals surface area contributed by atoms with Gasteiger partial charge in [0.2, 0.25) is 0 Å². The van der Waals surface area contributed by atoms with E-state index in [2.05, 4.69) is 10.3 Å². The van der Waals surface area contributed by atoms with Gasteiger partial charge in [-0.15, -0.1) is 0 Å². The molecule has 0 aliphatic carbocycles. The third-order valence-electron chi connectivity index (χ3n) is 2.22. The first-order valence-electron chi connectivity index (χ1n) is 5.01. The van der Waals surface area contributed by atoms with Crippen molar-refractivity contribution in [3.8, 4) is 6.19 Å². The van der Waals surface area contributed by atoms with Crippen LogP contribution in [0.4, 0.5) is 5.69 Å². The molecule has 1 heterocycles. The van der Waals surface area contributed by atoms with Gasteiger partial charge in [-0.25, -0.2) is 4.99 Å². The summed E-state index contributed by atoms with van der Waals surface area (Å²) in [6.07, 6.45) is 3.72. The molecule has 0 fully saturated rings. The fourth-order valence-electron chi connectivity index (χ4n) is 1.55. The van der Waals surface area contributed by atoms with Crippen LogP contribution < -0.4 is 5.32 Å². The Hall–Kier alpha value is -1.93. The summed E-state index contributed by atoms with van der Waals surface area (Å²) in [5.74, 6) is 0.849. The zero-order valence-electron chi connectivity index (χ0n) is 9.52. The number of aliphatic imine (C=N–C) groups is 1. The second-order valence-corrected chi connectivity index (χ2v) is 4.21. The van der Waals surface area contributed by atoms with Crippen LogP contribution in [-0.2, 0) is 0 Å². The van der Waals surface area contributed by atoms with Gasteiger partial charge in [-0.05, 0) is 25.3 Å². The van der Waals surface area contributed by atoms with Crippen molar-refractivity contribution >= 4 is 33.6 Å². The van der Waals surface area contributed by atoms with Crippen LogP contribution in [0.25, 0.3) is 11.0 Å². The summed E-state index contributed by atoms with van der Waals surface area (Å²) in [7, 11) is 0. The maximum absolute atomic E-state index is 8.58. The Morgan fingerprint density at radius 1 is 1.53 bits per heavy atom. The highest BCUT2D eigenvalue weighted by Gasteiger charge is 2.06. The van der Waals surface area contributed by atoms with Crippen molar-refractivity contribution in [2.75, 3.05) is 6.26 Å². The van der Waals surface area contributed by atoms with Crippen LogP contribution in [0.2, 0.25) is 0 Å². The van der Waals surface area contributed by atoms with Gasteiger partial charge in [0.25, 0.3) is 0 Å². The van der Waals surface area contributed by atoms with Crippen LogP contribution in [0.15, 0.2) is 33.7 Å². The van der Waals surface area contributed by atoms with Gasteiger partial charge in [-0.2, -0.15) is 5.26 Å². The van der Waals surface area contributed by atoms with E-state index in [0.717, 1.165) is 22.4 Å². The Morgan fingerprint density at radius 2 is 2.35 bits per heavy atom. The maximum Gasteiger partial charge on any atom is 0.183 e. The Morgan fingerprint density at radius 3 is 3.06 bits per heavy atom. The van der Waals surface area contributed by atoms with Crippen molar-refractivity contribution in [2.45, 2.75) is 6.92 Å². The molecule has 2 rings (SSSR count). The van der Waals surface area contributed by atoms with Crippen molar-refractivity contribution in [3.05, 3.63) is 30.0 Å². The second-order valence-electron chi connectivity index (χ2n) is 3.41. The van der Waals surface area contributed by atoms with E-state index in [4.69, 9.17) is 9.68 Å². The van der Waals surface area contributed by atoms with Gasteiger partial charge in [0.1, 0.15) is 11.4 Å². The number of benzene rings is 1. The molecular formula is C12H11N3OS. The molecule has 0 spiro atoms. The zero-order valence-corrected chi connectivity index (χ0v) is 10.3. The molecule has 1 aromatic carbocycles. The second kappa shape index (κ2) is 4.93. The molecule has 0 unspecified atom stereocenters. The number of para-hydroxylation sites is 1. The summed E-state index contributed by atoms with van der Waals surface area (Å²) in [5.41, 5.74) is 1.47. The predicted molar refractivity (Wildman–Crippen MR) is 70.3 cm³/mol. The lowest BCUT2D eigenvalue weighted by molar-refractivity contribution is 0.579. The van der Waals surface area contributed by atoms with E-state index in [0.29, 0.717) is 5.17 Å². The molecule has 0 radical (unpaired) electrons. The molecule has 0 amide bonds. The summed E-state index contributed by atoms with van der Waals surface area (Å²) in [4.78, 5) is 4.36. The molecule has 0 aliphatic heterocycles. The molecule has 17 heavy (non-hydrogen) atoms. The van der Waals surface area contributed by atoms with Gasteiger partial charge >= 0.3 is 0 Å². The van der Waals surface area contributed by atoms with E-state index in [1.807, 2.05) is 43.6 Å². The Bertz CT molecular complexity index is 610. The summed E-state index contributed by atoms with van der Waals surface area (Å²) in [5, 5.41) is 12.7. The van der Waals surface area contributed by atoms with Crippen molar-refractivity contribution in [2.24, 2.45) is 4.99 Å². The van der Waals surface area contributed by atoms with E-state index in [-0.39, 0.29) is 0 Å². The minimum absolute atomic E-state index is 0.550. The number of amidine groups is 1. The van der Waals surface area contributed by atoms with Gasteiger partial charge in [-0.3, -0.25) is 5.32 Å². The largest absolute Gasteiger partial charge is 0.459 e. The molecule has 4 nitrogen and oxygen atoms in total. The molecule has 2 aromatic rings. The van der Waals surface area contributed by atoms with Gasteiger partial charge in [0, 0.05) is 5.39 Å². The Kier molecular flexibility index (Phi) is 3.35. The number of rotatable bonds is 1. The topological polar surface area (TPSA) is 61.3 Å². The third kappa shape index (κ3) is 2.43. The molecule has 0 saturated carbocycles. The Labute approximate surface area is 103 Å². The number of aryl methyl sites for hydroxylation is 1. The van der Waals surface area contributed by atoms with Crippen LogP contribution in [0, 0.1) is 18.4 Å². The molecule has 1 N–H and O–H groups in total. The minimum Gasteiger partial charge on any atom is -0.459 e. The number of nitriles is 1. The molecule has 0 aliphatic rings. The maximum atomic E-state index is 8.58. The van der Waals surface area contributed by atoms with Crippen LogP contribution in [0.3, 0.4) is 0 Å². The first kappa shape index (κ1) is 11.6. The fraction of sp³-hybridized carbons (Fsp3) is 0.167. The summed E-state index contributed by atoms with van der Waals surface area (Å²) < 4.78 is 5.60. The van der Waals surface area contributed by atoms with Crippen LogP contribution in [-0.4, -0.2) is 11.4 Å². The number of furan rings is 1. The number of hydrogen-bond acceptors (Lipinski definition) is 4. The number of hydrogen-bond donors (Lipinski definition) is 1. The van der Waals surface area contributed by atoms with Crippen molar-refractivity contribution < 1.29 is 4.42 Å². The molecule has 1 aromatic heterocycles. The predicted octanol–water partition coefficient (Wildman–Crippen LogP) is 3.16. The van der Waals surface area contributed by atoms with Gasteiger partial charge in [-0.1, -0.05) is 23.9 Å². The first-order chi connectivity index (χ1) is 8.24. The average molecular weight is 245 g/mol. The van der Waals surface area contributed by atoms with Gasteiger partial charge in [0.15, 0.2) is 16.9 Å². The first-order valence-corrected chi connectivity index (χ1v) is 6.24. The molecule has 5 heteroatoms. The lowest BCUT2D eigenvalue weighted by atomic mass is 10.2. The lowest BCUT2D eigenvalue weighted by Gasteiger charge is -2.00. The monoisotopic (exact) mass is 245 g/mol. The Balaban J connectivity index is 2.51. The molecule has 86 valence electrons. The summed E-state index contributed by atoms with van der Waals surface area (Å²) in [6, 6.07) is 7.72. The van der Waals surface area contributed by atoms with Crippen molar-refractivity contribution in [1.29, 1.82) is 5.26 Å². The van der Waals surface area contributed by atoms with E-state index in [1.165, 1.54) is 11.8 Å². The molecule has 0 bridgehead atoms. The molecular weight excluding hydrogens is 234 g/mol. The van der Waals surface area contributed by atoms with Crippen molar-refractivity contribution in [3.63, 3.8) is 0 Å². The third-order valence-corrected chi connectivity index (χ3v) is 2.80. The van der Waals surface area contributed by atoms with Crippen LogP contribution in [0.5, 0.6) is 0 Å². The quantitative estimate of drug-likeness (QED) is 0.363. The fourth-order valence-corrected chi connectivity index (χ4v) is 1.88.